The minimum Gasteiger partial charge on any atom is -0.478 e. The van der Waals surface area contributed by atoms with E-state index in [9.17, 15) is 19.5 Å². The standard InChI is InChI=1S/C29H45N3O4/c1-19(2)22(18-20(3)27(35)36)32(8)26(34)24(28(4,5)6)31-25(33)23(30-7)29(16-12-13-17-29)21-14-10-9-11-15-21/h9-11,14-15,18-19,22-24,30H,12-13,16-17H2,1-8H3,(H,31,33)(H,35,36)/t22-,23+,24-/m1/s1. The Balaban J connectivity index is 2.39. The lowest BCUT2D eigenvalue weighted by atomic mass is 9.72. The summed E-state index contributed by atoms with van der Waals surface area (Å²) < 4.78 is 0. The summed E-state index contributed by atoms with van der Waals surface area (Å²) in [6, 6.07) is 8.50. The second-order valence-corrected chi connectivity index (χ2v) is 11.6. The van der Waals surface area contributed by atoms with E-state index in [0.29, 0.717) is 0 Å². The molecular formula is C29H45N3O4. The van der Waals surface area contributed by atoms with Crippen molar-refractivity contribution < 1.29 is 19.5 Å². The molecule has 1 aliphatic rings. The maximum atomic E-state index is 13.9. The van der Waals surface area contributed by atoms with Crippen molar-refractivity contribution >= 4 is 17.8 Å². The van der Waals surface area contributed by atoms with Gasteiger partial charge in [-0.05, 0) is 43.7 Å². The van der Waals surface area contributed by atoms with E-state index in [1.54, 1.807) is 18.0 Å². The SMILES string of the molecule is CN[C@@H](C(=O)N[C@H](C(=O)N(C)[C@H](C=C(C)C(=O)O)C(C)C)C(C)(C)C)C1(c2ccccc2)CCCC1. The van der Waals surface area contributed by atoms with Crippen LogP contribution in [0.1, 0.15) is 72.8 Å². The molecule has 0 unspecified atom stereocenters. The average molecular weight is 500 g/mol. The third-order valence-corrected chi connectivity index (χ3v) is 7.58. The summed E-state index contributed by atoms with van der Waals surface area (Å²) in [6.07, 6.45) is 5.52. The first-order chi connectivity index (χ1) is 16.8. The molecule has 1 saturated carbocycles. The van der Waals surface area contributed by atoms with Crippen LogP contribution in [0.15, 0.2) is 42.0 Å². The number of amides is 2. The highest BCUT2D eigenvalue weighted by Crippen LogP contribution is 2.44. The van der Waals surface area contributed by atoms with Crippen molar-refractivity contribution in [3.05, 3.63) is 47.5 Å². The lowest BCUT2D eigenvalue weighted by molar-refractivity contribution is -0.141. The van der Waals surface area contributed by atoms with E-state index in [4.69, 9.17) is 0 Å². The van der Waals surface area contributed by atoms with Gasteiger partial charge < -0.3 is 20.6 Å². The first-order valence-electron chi connectivity index (χ1n) is 13.0. The van der Waals surface area contributed by atoms with Crippen LogP contribution in [-0.2, 0) is 19.8 Å². The zero-order valence-corrected chi connectivity index (χ0v) is 23.2. The normalized spacial score (nSPS) is 18.4. The fourth-order valence-electron chi connectivity index (χ4n) is 5.48. The van der Waals surface area contributed by atoms with E-state index in [-0.39, 0.29) is 28.7 Å². The summed E-state index contributed by atoms with van der Waals surface area (Å²) >= 11 is 0. The Hall–Kier alpha value is -2.67. The molecule has 0 radical (unpaired) electrons. The summed E-state index contributed by atoms with van der Waals surface area (Å²) in [7, 11) is 3.49. The van der Waals surface area contributed by atoms with Crippen LogP contribution in [0.2, 0.25) is 0 Å². The highest BCUT2D eigenvalue weighted by molar-refractivity contribution is 5.92. The van der Waals surface area contributed by atoms with E-state index in [1.807, 2.05) is 59.9 Å². The van der Waals surface area contributed by atoms with E-state index in [1.165, 1.54) is 6.92 Å². The van der Waals surface area contributed by atoms with E-state index < -0.39 is 29.5 Å². The summed E-state index contributed by atoms with van der Waals surface area (Å²) in [5.74, 6) is -1.45. The van der Waals surface area contributed by atoms with Gasteiger partial charge in [0.25, 0.3) is 0 Å². The molecule has 200 valence electrons. The summed E-state index contributed by atoms with van der Waals surface area (Å²) in [4.78, 5) is 40.7. The van der Waals surface area contributed by atoms with Crippen LogP contribution in [0.3, 0.4) is 0 Å². The number of carbonyl (C=O) groups excluding carboxylic acids is 2. The minimum atomic E-state index is -1.01. The van der Waals surface area contributed by atoms with Crippen LogP contribution in [0.25, 0.3) is 0 Å². The first kappa shape index (κ1) is 29.6. The van der Waals surface area contributed by atoms with Gasteiger partial charge in [0.1, 0.15) is 6.04 Å². The van der Waals surface area contributed by atoms with Crippen molar-refractivity contribution in [3.8, 4) is 0 Å². The molecule has 1 aromatic carbocycles. The van der Waals surface area contributed by atoms with Crippen LogP contribution < -0.4 is 10.6 Å². The third kappa shape index (κ3) is 6.55. The van der Waals surface area contributed by atoms with Crippen LogP contribution >= 0.6 is 0 Å². The Morgan fingerprint density at radius 2 is 1.64 bits per heavy atom. The fourth-order valence-corrected chi connectivity index (χ4v) is 5.48. The number of rotatable bonds is 10. The molecule has 7 heteroatoms. The molecule has 0 bridgehead atoms. The van der Waals surface area contributed by atoms with Gasteiger partial charge in [0, 0.05) is 18.0 Å². The van der Waals surface area contributed by atoms with Crippen molar-refractivity contribution in [2.45, 2.75) is 90.8 Å². The van der Waals surface area contributed by atoms with Crippen LogP contribution in [0, 0.1) is 11.3 Å². The number of nitrogens with zero attached hydrogens (tertiary/aromatic N) is 1. The molecule has 1 fully saturated rings. The Bertz CT molecular complexity index is 943. The lowest BCUT2D eigenvalue weighted by Crippen LogP contribution is -2.62. The largest absolute Gasteiger partial charge is 0.478 e. The van der Waals surface area contributed by atoms with E-state index >= 15 is 0 Å². The second-order valence-electron chi connectivity index (χ2n) is 11.6. The van der Waals surface area contributed by atoms with Gasteiger partial charge in [-0.25, -0.2) is 4.79 Å². The maximum absolute atomic E-state index is 13.9. The Labute approximate surface area is 216 Å². The van der Waals surface area contributed by atoms with Crippen LogP contribution in [0.4, 0.5) is 0 Å². The molecule has 7 nitrogen and oxygen atoms in total. The van der Waals surface area contributed by atoms with Gasteiger partial charge in [-0.15, -0.1) is 0 Å². The monoisotopic (exact) mass is 499 g/mol. The quantitative estimate of drug-likeness (QED) is 0.421. The van der Waals surface area contributed by atoms with Crippen molar-refractivity contribution in [1.29, 1.82) is 0 Å². The molecule has 0 heterocycles. The molecular weight excluding hydrogens is 454 g/mol. The van der Waals surface area contributed by atoms with Gasteiger partial charge >= 0.3 is 5.97 Å². The zero-order valence-electron chi connectivity index (χ0n) is 23.2. The van der Waals surface area contributed by atoms with Gasteiger partial charge in [0.2, 0.25) is 11.8 Å². The highest BCUT2D eigenvalue weighted by Gasteiger charge is 2.47. The molecule has 2 amide bonds. The molecule has 0 aromatic heterocycles. The Morgan fingerprint density at radius 3 is 2.08 bits per heavy atom. The number of benzene rings is 1. The molecule has 0 aliphatic heterocycles. The van der Waals surface area contributed by atoms with Crippen LogP contribution in [0.5, 0.6) is 0 Å². The molecule has 0 saturated heterocycles. The van der Waals surface area contributed by atoms with Gasteiger partial charge in [0.15, 0.2) is 0 Å². The molecule has 1 aliphatic carbocycles. The summed E-state index contributed by atoms with van der Waals surface area (Å²) in [5.41, 5.74) is 0.439. The average Bonchev–Trinajstić information content (AvgIpc) is 3.30. The molecule has 0 spiro atoms. The number of hydrogen-bond donors (Lipinski definition) is 3. The maximum Gasteiger partial charge on any atom is 0.331 e. The summed E-state index contributed by atoms with van der Waals surface area (Å²) in [6.45, 7) is 11.2. The topological polar surface area (TPSA) is 98.7 Å². The number of hydrogen-bond acceptors (Lipinski definition) is 4. The van der Waals surface area contributed by atoms with Crippen molar-refractivity contribution in [2.24, 2.45) is 11.3 Å². The smallest absolute Gasteiger partial charge is 0.331 e. The van der Waals surface area contributed by atoms with Gasteiger partial charge in [0.05, 0.1) is 12.1 Å². The van der Waals surface area contributed by atoms with Crippen molar-refractivity contribution in [3.63, 3.8) is 0 Å². The van der Waals surface area contributed by atoms with E-state index in [0.717, 1.165) is 31.2 Å². The van der Waals surface area contributed by atoms with Crippen LogP contribution in [-0.4, -0.2) is 60.0 Å². The fraction of sp³-hybridized carbons (Fsp3) is 0.621. The molecule has 3 atom stereocenters. The molecule has 36 heavy (non-hydrogen) atoms. The third-order valence-electron chi connectivity index (χ3n) is 7.58. The molecule has 2 rings (SSSR count). The minimum absolute atomic E-state index is 0.00512. The number of aliphatic carboxylic acids is 1. The predicted octanol–water partition coefficient (Wildman–Crippen LogP) is 4.13. The summed E-state index contributed by atoms with van der Waals surface area (Å²) in [5, 5.41) is 15.7. The first-order valence-corrected chi connectivity index (χ1v) is 13.0. The number of likely N-dealkylation sites (N-methyl/N-ethyl adjacent to an activating group) is 2. The predicted molar refractivity (Wildman–Crippen MR) is 144 cm³/mol. The Kier molecular flexibility index (Phi) is 9.89. The number of carboxylic acids is 1. The van der Waals surface area contributed by atoms with Crippen molar-refractivity contribution in [2.75, 3.05) is 14.1 Å². The number of carbonyl (C=O) groups is 3. The number of nitrogens with one attached hydrogen (secondary N) is 2. The van der Waals surface area contributed by atoms with Gasteiger partial charge in [-0.1, -0.05) is 83.9 Å². The highest BCUT2D eigenvalue weighted by atomic mass is 16.4. The lowest BCUT2D eigenvalue weighted by Gasteiger charge is -2.41. The zero-order chi connectivity index (χ0) is 27.3. The van der Waals surface area contributed by atoms with Crippen molar-refractivity contribution in [1.82, 2.24) is 15.5 Å². The number of carboxylic acid groups (broad SMARTS) is 1. The van der Waals surface area contributed by atoms with Gasteiger partial charge in [-0.2, -0.15) is 0 Å². The van der Waals surface area contributed by atoms with Gasteiger partial charge in [-0.3, -0.25) is 9.59 Å². The molecule has 3 N–H and O–H groups in total. The Morgan fingerprint density at radius 1 is 1.08 bits per heavy atom. The van der Waals surface area contributed by atoms with E-state index in [2.05, 4.69) is 22.8 Å². The molecule has 1 aromatic rings. The second kappa shape index (κ2) is 12.0.